The summed E-state index contributed by atoms with van der Waals surface area (Å²) in [6.45, 7) is 12.5. The molecule has 0 bridgehead atoms. The van der Waals surface area contributed by atoms with Gasteiger partial charge in [0.2, 0.25) is 9.76 Å². The zero-order valence-corrected chi connectivity index (χ0v) is 16.0. The Bertz CT molecular complexity index is 356. The molecular weight excluding hydrogens is 316 g/mol. The van der Waals surface area contributed by atoms with Crippen LogP contribution in [0.25, 0.3) is 0 Å². The molecule has 0 amide bonds. The molecule has 0 spiro atoms. The molecule has 1 unspecified atom stereocenters. The molecule has 0 aliphatic carbocycles. The average Bonchev–Trinajstić information content (AvgIpc) is 3.25. The number of esters is 1. The lowest BCUT2D eigenvalue weighted by Crippen LogP contribution is -2.32. The third kappa shape index (κ3) is 10.3. The van der Waals surface area contributed by atoms with Gasteiger partial charge in [0.15, 0.2) is 8.32 Å². The minimum absolute atomic E-state index is 0.310. The molecule has 1 aliphatic rings. The maximum absolute atomic E-state index is 11.2. The first-order chi connectivity index (χ1) is 10.4. The van der Waals surface area contributed by atoms with Crippen LogP contribution in [0, 0.1) is 0 Å². The van der Waals surface area contributed by atoms with Gasteiger partial charge < -0.3 is 18.3 Å². The molecule has 0 aromatic rings. The van der Waals surface area contributed by atoms with Crippen LogP contribution in [0.1, 0.15) is 19.8 Å². The fraction of sp³-hybridized carbons (Fsp3) is 0.800. The van der Waals surface area contributed by atoms with E-state index in [9.17, 15) is 4.79 Å². The smallest absolute Gasteiger partial charge is 0.333 e. The normalized spacial score (nSPS) is 17.3. The molecule has 0 N–H and O–H groups in total. The van der Waals surface area contributed by atoms with E-state index in [1.54, 1.807) is 6.92 Å². The highest BCUT2D eigenvalue weighted by Crippen LogP contribution is 2.15. The number of carbonyl (C=O) groups excluding carboxylic acids is 1. The Labute approximate surface area is 137 Å². The van der Waals surface area contributed by atoms with Gasteiger partial charge in [0.25, 0.3) is 0 Å². The van der Waals surface area contributed by atoms with E-state index in [0.29, 0.717) is 28.0 Å². The van der Waals surface area contributed by atoms with Crippen LogP contribution in [0.2, 0.25) is 25.2 Å². The van der Waals surface area contributed by atoms with Crippen molar-refractivity contribution in [2.45, 2.75) is 51.1 Å². The summed E-state index contributed by atoms with van der Waals surface area (Å²) >= 11 is 0. The van der Waals surface area contributed by atoms with E-state index in [-0.39, 0.29) is 5.97 Å². The van der Waals surface area contributed by atoms with Gasteiger partial charge in [-0.15, -0.1) is 0 Å². The first-order valence-corrected chi connectivity index (χ1v) is 12.1. The number of ether oxygens (including phenoxy) is 3. The van der Waals surface area contributed by atoms with Gasteiger partial charge in [-0.25, -0.2) is 4.79 Å². The van der Waals surface area contributed by atoms with Gasteiger partial charge in [0.1, 0.15) is 6.10 Å². The van der Waals surface area contributed by atoms with Crippen LogP contribution in [0.3, 0.4) is 0 Å². The molecule has 5 nitrogen and oxygen atoms in total. The number of epoxide rings is 1. The Morgan fingerprint density at radius 1 is 1.36 bits per heavy atom. The molecule has 0 aromatic heterocycles. The second kappa shape index (κ2) is 10.3. The van der Waals surface area contributed by atoms with Crippen molar-refractivity contribution >= 4 is 24.0 Å². The van der Waals surface area contributed by atoms with Crippen molar-refractivity contribution in [3.05, 3.63) is 12.2 Å². The van der Waals surface area contributed by atoms with Gasteiger partial charge in [-0.05, 0) is 44.9 Å². The molecule has 22 heavy (non-hydrogen) atoms. The standard InChI is InChI=1S/C15H28O5Si2/c1-13(2)15(16)18-8-5-9-21-20-22(3,4)10-6-7-17-11-14-12-19-14/h14H,1,5-12H2,2-4H3. The summed E-state index contributed by atoms with van der Waals surface area (Å²) < 4.78 is 21.7. The van der Waals surface area contributed by atoms with E-state index in [0.717, 1.165) is 44.8 Å². The Morgan fingerprint density at radius 3 is 2.73 bits per heavy atom. The summed E-state index contributed by atoms with van der Waals surface area (Å²) in [7, 11) is -1.10. The minimum Gasteiger partial charge on any atom is -0.462 e. The van der Waals surface area contributed by atoms with Crippen LogP contribution in [0.4, 0.5) is 0 Å². The molecular formula is C15H28O5Si2. The topological polar surface area (TPSA) is 57.3 Å². The predicted molar refractivity (Wildman–Crippen MR) is 89.5 cm³/mol. The van der Waals surface area contributed by atoms with Crippen LogP contribution in [0.15, 0.2) is 12.2 Å². The summed E-state index contributed by atoms with van der Waals surface area (Å²) in [6.07, 6.45) is 2.24. The van der Waals surface area contributed by atoms with Gasteiger partial charge in [0, 0.05) is 12.2 Å². The van der Waals surface area contributed by atoms with Gasteiger partial charge in [0.05, 0.1) is 19.8 Å². The lowest BCUT2D eigenvalue weighted by molar-refractivity contribution is -0.138. The molecule has 1 saturated heterocycles. The SMILES string of the molecule is C=C(C)C(=O)OCCC[Si]O[Si](C)(C)CCCOCC1CO1. The second-order valence-corrected chi connectivity index (χ2v) is 11.8. The van der Waals surface area contributed by atoms with Crippen LogP contribution < -0.4 is 0 Å². The number of hydrogen-bond acceptors (Lipinski definition) is 5. The molecule has 0 saturated carbocycles. The monoisotopic (exact) mass is 344 g/mol. The first kappa shape index (κ1) is 19.6. The average molecular weight is 345 g/mol. The lowest BCUT2D eigenvalue weighted by atomic mass is 10.4. The molecule has 1 rings (SSSR count). The number of rotatable bonds is 13. The first-order valence-electron chi connectivity index (χ1n) is 7.83. The zero-order chi connectivity index (χ0) is 16.4. The third-order valence-electron chi connectivity index (χ3n) is 3.13. The number of carbonyl (C=O) groups is 1. The fourth-order valence-corrected chi connectivity index (χ4v) is 5.37. The molecule has 1 heterocycles. The predicted octanol–water partition coefficient (Wildman–Crippen LogP) is 2.56. The fourth-order valence-electron chi connectivity index (χ4n) is 1.71. The van der Waals surface area contributed by atoms with E-state index < -0.39 is 8.32 Å². The molecule has 1 aliphatic heterocycles. The Balaban J connectivity index is 1.92. The highest BCUT2D eigenvalue weighted by Gasteiger charge is 2.23. The number of hydrogen-bond donors (Lipinski definition) is 0. The zero-order valence-electron chi connectivity index (χ0n) is 14.0. The van der Waals surface area contributed by atoms with Crippen LogP contribution in [-0.2, 0) is 23.1 Å². The highest BCUT2D eigenvalue weighted by atomic mass is 28.4. The molecule has 2 radical (unpaired) electrons. The van der Waals surface area contributed by atoms with Crippen molar-refractivity contribution in [1.82, 2.24) is 0 Å². The highest BCUT2D eigenvalue weighted by molar-refractivity contribution is 6.75. The quantitative estimate of drug-likeness (QED) is 0.169. The van der Waals surface area contributed by atoms with E-state index in [1.165, 1.54) is 0 Å². The summed E-state index contributed by atoms with van der Waals surface area (Å²) in [5, 5.41) is 0. The van der Waals surface area contributed by atoms with Gasteiger partial charge >= 0.3 is 5.97 Å². The van der Waals surface area contributed by atoms with E-state index in [1.807, 2.05) is 0 Å². The molecule has 0 aromatic carbocycles. The maximum atomic E-state index is 11.2. The summed E-state index contributed by atoms with van der Waals surface area (Å²) in [4.78, 5) is 11.2. The van der Waals surface area contributed by atoms with Crippen molar-refractivity contribution in [3.63, 3.8) is 0 Å². The largest absolute Gasteiger partial charge is 0.462 e. The van der Waals surface area contributed by atoms with Crippen LogP contribution >= 0.6 is 0 Å². The van der Waals surface area contributed by atoms with Gasteiger partial charge in [-0.3, -0.25) is 0 Å². The van der Waals surface area contributed by atoms with Crippen LogP contribution in [-0.4, -0.2) is 56.6 Å². The lowest BCUT2D eigenvalue weighted by Gasteiger charge is -2.22. The minimum atomic E-state index is -1.59. The van der Waals surface area contributed by atoms with E-state index >= 15 is 0 Å². The maximum Gasteiger partial charge on any atom is 0.333 e. The van der Waals surface area contributed by atoms with Crippen molar-refractivity contribution < 1.29 is 23.1 Å². The third-order valence-corrected chi connectivity index (χ3v) is 8.03. The van der Waals surface area contributed by atoms with Gasteiger partial charge in [-0.2, -0.15) is 0 Å². The van der Waals surface area contributed by atoms with Crippen molar-refractivity contribution in [2.75, 3.05) is 26.4 Å². The Hall–Kier alpha value is -0.476. The molecule has 1 atom stereocenters. The Kier molecular flexibility index (Phi) is 9.19. The van der Waals surface area contributed by atoms with E-state index in [4.69, 9.17) is 18.3 Å². The van der Waals surface area contributed by atoms with Crippen molar-refractivity contribution in [1.29, 1.82) is 0 Å². The Morgan fingerprint density at radius 2 is 2.09 bits per heavy atom. The molecule has 1 fully saturated rings. The molecule has 7 heteroatoms. The molecule has 126 valence electrons. The van der Waals surface area contributed by atoms with Crippen molar-refractivity contribution in [2.24, 2.45) is 0 Å². The second-order valence-electron chi connectivity index (χ2n) is 6.16. The summed E-state index contributed by atoms with van der Waals surface area (Å²) in [6, 6.07) is 2.05. The summed E-state index contributed by atoms with van der Waals surface area (Å²) in [5.74, 6) is -0.310. The van der Waals surface area contributed by atoms with E-state index in [2.05, 4.69) is 19.7 Å². The van der Waals surface area contributed by atoms with Crippen molar-refractivity contribution in [3.8, 4) is 0 Å². The van der Waals surface area contributed by atoms with Gasteiger partial charge in [-0.1, -0.05) is 6.58 Å². The van der Waals surface area contributed by atoms with Crippen LogP contribution in [0.5, 0.6) is 0 Å². The summed E-state index contributed by atoms with van der Waals surface area (Å²) in [5.41, 5.74) is 0.447.